The molecule has 0 aliphatic heterocycles. The molecule has 3 rings (SSSR count). The van der Waals surface area contributed by atoms with Gasteiger partial charge in [-0.2, -0.15) is 22.4 Å². The van der Waals surface area contributed by atoms with Crippen LogP contribution in [0.5, 0.6) is 0 Å². The predicted octanol–water partition coefficient (Wildman–Crippen LogP) is 2.10. The van der Waals surface area contributed by atoms with Gasteiger partial charge < -0.3 is 4.65 Å². The fourth-order valence-electron chi connectivity index (χ4n) is 2.59. The van der Waals surface area contributed by atoms with Crippen LogP contribution in [0.3, 0.4) is 0 Å². The van der Waals surface area contributed by atoms with Gasteiger partial charge in [0, 0.05) is 17.5 Å². The van der Waals surface area contributed by atoms with Gasteiger partial charge in [0.25, 0.3) is 0 Å². The van der Waals surface area contributed by atoms with E-state index in [-0.39, 0.29) is 6.10 Å². The Kier molecular flexibility index (Phi) is 5.10. The molecule has 0 N–H and O–H groups in total. The van der Waals surface area contributed by atoms with Crippen LogP contribution in [0.25, 0.3) is 0 Å². The van der Waals surface area contributed by atoms with Gasteiger partial charge in [-0.15, -0.1) is 0 Å². The molecule has 2 aromatic carbocycles. The maximum absolute atomic E-state index is 6.17. The average molecular weight is 382 g/mol. The highest BCUT2D eigenvalue weighted by atomic mass is 127. The summed E-state index contributed by atoms with van der Waals surface area (Å²) in [5.41, 5.74) is 4.70. The Morgan fingerprint density at radius 1 is 1.00 bits per heavy atom. The molecule has 0 amide bonds. The second-order valence-corrected chi connectivity index (χ2v) is 6.18. The standard InChI is InChI=1S/C16H14B3IO/c20-18-17-19-21-16-11-14-7-2-1-5-12(14)9-10-13-6-3-4-8-15(13)16/h1-8,16-19H,11H2. The number of benzene rings is 2. The van der Waals surface area contributed by atoms with Crippen LogP contribution >= 0.6 is 22.4 Å². The zero-order chi connectivity index (χ0) is 14.5. The highest BCUT2D eigenvalue weighted by Gasteiger charge is 2.18. The smallest absolute Gasteiger partial charge is 0.228 e. The van der Waals surface area contributed by atoms with Gasteiger partial charge in [-0.1, -0.05) is 48.2 Å². The molecule has 1 aliphatic carbocycles. The summed E-state index contributed by atoms with van der Waals surface area (Å²) >= 11 is 2.39. The maximum atomic E-state index is 6.17. The number of rotatable bonds is 4. The van der Waals surface area contributed by atoms with Gasteiger partial charge in [0.2, 0.25) is 7.37 Å². The molecule has 2 aromatic rings. The molecule has 0 bridgehead atoms. The molecule has 0 saturated carbocycles. The Morgan fingerprint density at radius 2 is 1.71 bits per heavy atom. The SMILES string of the molecule is IBBBOC1Cc2ccccc2C#Cc2ccccc21. The molecule has 0 spiro atoms. The third-order valence-electron chi connectivity index (χ3n) is 3.66. The summed E-state index contributed by atoms with van der Waals surface area (Å²) in [6.45, 7) is 0. The third kappa shape index (κ3) is 3.56. The van der Waals surface area contributed by atoms with Crippen LogP contribution in [0.1, 0.15) is 28.4 Å². The zero-order valence-electron chi connectivity index (χ0n) is 11.8. The Bertz CT molecular complexity index is 693. The molecule has 0 heterocycles. The van der Waals surface area contributed by atoms with Crippen molar-refractivity contribution in [3.05, 3.63) is 70.8 Å². The summed E-state index contributed by atoms with van der Waals surface area (Å²) < 4.78 is 6.17. The lowest BCUT2D eigenvalue weighted by atomic mass is 9.35. The highest BCUT2D eigenvalue weighted by Crippen LogP contribution is 2.27. The Balaban J connectivity index is 1.99. The number of halogens is 1. The van der Waals surface area contributed by atoms with E-state index in [9.17, 15) is 0 Å². The van der Waals surface area contributed by atoms with Gasteiger partial charge >= 0.3 is 0 Å². The van der Waals surface area contributed by atoms with Gasteiger partial charge in [0.1, 0.15) is 7.06 Å². The second-order valence-electron chi connectivity index (χ2n) is 5.10. The van der Waals surface area contributed by atoms with Crippen LogP contribution < -0.4 is 0 Å². The summed E-state index contributed by atoms with van der Waals surface area (Å²) in [6.07, 6.45) is 0.989. The van der Waals surface area contributed by atoms with E-state index in [2.05, 4.69) is 70.6 Å². The fourth-order valence-corrected chi connectivity index (χ4v) is 2.90. The van der Waals surface area contributed by atoms with E-state index < -0.39 is 0 Å². The van der Waals surface area contributed by atoms with Crippen molar-refractivity contribution in [1.82, 2.24) is 0 Å². The first-order valence-electron chi connectivity index (χ1n) is 7.25. The normalized spacial score (nSPS) is 15.4. The first kappa shape index (κ1) is 14.8. The van der Waals surface area contributed by atoms with Gasteiger partial charge in [-0.3, -0.25) is 0 Å². The summed E-state index contributed by atoms with van der Waals surface area (Å²) in [5, 5.41) is 1.13. The van der Waals surface area contributed by atoms with Crippen molar-refractivity contribution in [1.29, 1.82) is 0 Å². The van der Waals surface area contributed by atoms with Crippen molar-refractivity contribution in [2.24, 2.45) is 0 Å². The second kappa shape index (κ2) is 7.24. The van der Waals surface area contributed by atoms with Crippen LogP contribution in [-0.4, -0.2) is 19.5 Å². The molecule has 0 aromatic heterocycles. The van der Waals surface area contributed by atoms with E-state index in [1.54, 1.807) is 0 Å². The van der Waals surface area contributed by atoms with Gasteiger partial charge in [-0.25, -0.2) is 0 Å². The van der Waals surface area contributed by atoms with Crippen molar-refractivity contribution < 1.29 is 4.65 Å². The minimum Gasteiger partial charge on any atom is -0.443 e. The van der Waals surface area contributed by atoms with Crippen LogP contribution in [0, 0.1) is 11.8 Å². The molecule has 1 nitrogen and oxygen atoms in total. The fraction of sp³-hybridized carbons (Fsp3) is 0.125. The molecule has 0 radical (unpaired) electrons. The lowest BCUT2D eigenvalue weighted by molar-refractivity contribution is 0.223. The van der Waals surface area contributed by atoms with Crippen LogP contribution in [0.15, 0.2) is 48.5 Å². The van der Waals surface area contributed by atoms with Crippen molar-refractivity contribution in [2.75, 3.05) is 0 Å². The Morgan fingerprint density at radius 3 is 2.57 bits per heavy atom. The van der Waals surface area contributed by atoms with E-state index in [1.165, 1.54) is 11.1 Å². The zero-order valence-corrected chi connectivity index (χ0v) is 14.0. The van der Waals surface area contributed by atoms with Gasteiger partial charge in [0.15, 0.2) is 5.03 Å². The maximum Gasteiger partial charge on any atom is 0.228 e. The molecule has 0 saturated heterocycles. The minimum absolute atomic E-state index is 0.0971. The van der Waals surface area contributed by atoms with Gasteiger partial charge in [0.05, 0.1) is 6.10 Å². The summed E-state index contributed by atoms with van der Waals surface area (Å²) in [7, 11) is 1.89. The number of hydrogen-bond acceptors (Lipinski definition) is 1. The molecule has 5 heteroatoms. The summed E-state index contributed by atoms with van der Waals surface area (Å²) in [5.74, 6) is 6.61. The van der Waals surface area contributed by atoms with Crippen LogP contribution in [0.4, 0.5) is 0 Å². The molecule has 0 fully saturated rings. The van der Waals surface area contributed by atoms with Crippen LogP contribution in [-0.2, 0) is 11.1 Å². The Hall–Kier alpha value is -1.12. The lowest BCUT2D eigenvalue weighted by Gasteiger charge is -2.22. The minimum atomic E-state index is 0.0971. The molecule has 21 heavy (non-hydrogen) atoms. The first-order chi connectivity index (χ1) is 10.4. The van der Waals surface area contributed by atoms with Crippen molar-refractivity contribution in [3.63, 3.8) is 0 Å². The van der Waals surface area contributed by atoms with E-state index in [1.807, 2.05) is 12.1 Å². The molecule has 1 unspecified atom stereocenters. The van der Waals surface area contributed by atoms with Crippen LogP contribution in [0.2, 0.25) is 0 Å². The molecular formula is C16H14B3IO. The quantitative estimate of drug-likeness (QED) is 0.341. The van der Waals surface area contributed by atoms with E-state index >= 15 is 0 Å². The average Bonchev–Trinajstić information content (AvgIpc) is 2.51. The first-order valence-corrected chi connectivity index (χ1v) is 8.77. The highest BCUT2D eigenvalue weighted by molar-refractivity contribution is 14.1. The van der Waals surface area contributed by atoms with E-state index in [0.29, 0.717) is 0 Å². The number of fused-ring (bicyclic) bond motifs is 2. The summed E-state index contributed by atoms with van der Waals surface area (Å²) in [4.78, 5) is 0. The third-order valence-corrected chi connectivity index (χ3v) is 4.42. The monoisotopic (exact) mass is 382 g/mol. The lowest BCUT2D eigenvalue weighted by Crippen LogP contribution is -2.19. The molecule has 1 atom stereocenters. The number of hydrogen-bond donors (Lipinski definition) is 0. The largest absolute Gasteiger partial charge is 0.443 e. The Labute approximate surface area is 141 Å². The molecule has 100 valence electrons. The van der Waals surface area contributed by atoms with Gasteiger partial charge in [-0.05, 0) is 23.3 Å². The van der Waals surface area contributed by atoms with Crippen molar-refractivity contribution in [3.8, 4) is 11.8 Å². The van der Waals surface area contributed by atoms with Crippen molar-refractivity contribution >= 4 is 41.8 Å². The van der Waals surface area contributed by atoms with E-state index in [4.69, 9.17) is 4.65 Å². The summed E-state index contributed by atoms with van der Waals surface area (Å²) in [6, 6.07) is 16.7. The molecule has 1 aliphatic rings. The van der Waals surface area contributed by atoms with Crippen molar-refractivity contribution in [2.45, 2.75) is 12.5 Å². The van der Waals surface area contributed by atoms with E-state index in [0.717, 1.165) is 37.0 Å². The predicted molar refractivity (Wildman–Crippen MR) is 102 cm³/mol. The topological polar surface area (TPSA) is 9.23 Å². The molecular weight excluding hydrogens is 368 g/mol.